The van der Waals surface area contributed by atoms with Crippen molar-refractivity contribution in [3.05, 3.63) is 132 Å². The first-order valence-electron chi connectivity index (χ1n) is 21.6. The molecule has 8 N–H and O–H groups in total. The van der Waals surface area contributed by atoms with Crippen LogP contribution in [0.1, 0.15) is 50.5 Å². The monoisotopic (exact) mass is 872 g/mol. The average Bonchev–Trinajstić information content (AvgIpc) is 3.89. The van der Waals surface area contributed by atoms with Crippen LogP contribution in [0.25, 0.3) is 22.1 Å². The first kappa shape index (κ1) is 46.7. The molecule has 0 saturated heterocycles. The van der Waals surface area contributed by atoms with Gasteiger partial charge >= 0.3 is 12.1 Å². The number of hydrogen-bond acceptors (Lipinski definition) is 8. The van der Waals surface area contributed by atoms with Crippen molar-refractivity contribution in [3.63, 3.8) is 0 Å². The molecule has 6 amide bonds. The van der Waals surface area contributed by atoms with Crippen molar-refractivity contribution in [1.82, 2.24) is 51.0 Å². The van der Waals surface area contributed by atoms with E-state index in [9.17, 15) is 29.4 Å². The van der Waals surface area contributed by atoms with Crippen LogP contribution in [0.3, 0.4) is 0 Å². The Hall–Kier alpha value is -6.78. The Morgan fingerprint density at radius 3 is 1.22 bits per heavy atom. The maximum absolute atomic E-state index is 14.2. The topological polar surface area (TPSA) is 221 Å². The summed E-state index contributed by atoms with van der Waals surface area (Å²) in [7, 11) is 3.21. The highest BCUT2D eigenvalue weighted by molar-refractivity contribution is 5.88. The van der Waals surface area contributed by atoms with E-state index in [0.29, 0.717) is 11.6 Å². The van der Waals surface area contributed by atoms with Crippen molar-refractivity contribution in [2.24, 2.45) is 11.8 Å². The molecule has 6 rings (SSSR count). The number of imidazole rings is 2. The molecule has 0 saturated carbocycles. The van der Waals surface area contributed by atoms with E-state index in [0.717, 1.165) is 33.2 Å². The minimum Gasteiger partial charge on any atom is -0.388 e. The molecule has 0 fully saturated rings. The molecule has 0 radical (unpaired) electrons. The van der Waals surface area contributed by atoms with Crippen LogP contribution in [0.2, 0.25) is 0 Å². The van der Waals surface area contributed by atoms with Crippen LogP contribution in [0.4, 0.5) is 9.59 Å². The Kier molecular flexibility index (Phi) is 15.7. The summed E-state index contributed by atoms with van der Waals surface area (Å²) in [6.07, 6.45) is -2.99. The Morgan fingerprint density at radius 1 is 0.531 bits per heavy atom. The number of aliphatic hydroxyl groups is 2. The van der Waals surface area contributed by atoms with Gasteiger partial charge < -0.3 is 51.2 Å². The van der Waals surface area contributed by atoms with Crippen LogP contribution < -0.4 is 21.3 Å². The van der Waals surface area contributed by atoms with Gasteiger partial charge in [0.1, 0.15) is 35.9 Å². The molecule has 0 spiro atoms. The normalized spacial score (nSPS) is 14.3. The van der Waals surface area contributed by atoms with Crippen LogP contribution in [0.5, 0.6) is 0 Å². The molecular weight excluding hydrogens is 813 g/mol. The van der Waals surface area contributed by atoms with Crippen LogP contribution in [0, 0.1) is 11.8 Å². The molecule has 6 atom stereocenters. The molecule has 16 nitrogen and oxygen atoms in total. The second-order valence-corrected chi connectivity index (χ2v) is 17.0. The van der Waals surface area contributed by atoms with Gasteiger partial charge in [-0.15, -0.1) is 0 Å². The van der Waals surface area contributed by atoms with Gasteiger partial charge in [0, 0.05) is 14.1 Å². The molecule has 6 aromatic rings. The predicted molar refractivity (Wildman–Crippen MR) is 246 cm³/mol. The molecule has 4 aromatic carbocycles. The Morgan fingerprint density at radius 2 is 0.875 bits per heavy atom. The largest absolute Gasteiger partial charge is 0.388 e. The van der Waals surface area contributed by atoms with Gasteiger partial charge in [0.05, 0.1) is 47.2 Å². The number of rotatable bonds is 19. The molecular formula is C48H60N10O6. The Bertz CT molecular complexity index is 2240. The molecule has 0 bridgehead atoms. The van der Waals surface area contributed by atoms with E-state index in [1.807, 2.05) is 109 Å². The van der Waals surface area contributed by atoms with Gasteiger partial charge in [-0.2, -0.15) is 0 Å². The quantitative estimate of drug-likeness (QED) is 0.0572. The van der Waals surface area contributed by atoms with Gasteiger partial charge in [0.2, 0.25) is 11.8 Å². The van der Waals surface area contributed by atoms with Crippen LogP contribution in [0.15, 0.2) is 109 Å². The third-order valence-electron chi connectivity index (χ3n) is 11.2. The fourth-order valence-electron chi connectivity index (χ4n) is 7.58. The minimum absolute atomic E-state index is 0.115. The molecule has 0 aliphatic carbocycles. The number of aromatic amines is 2. The number of hydrogen-bond donors (Lipinski definition) is 8. The summed E-state index contributed by atoms with van der Waals surface area (Å²) < 4.78 is 0. The highest BCUT2D eigenvalue weighted by atomic mass is 16.3. The minimum atomic E-state index is -1.61. The number of carbonyl (C=O) groups is 4. The third kappa shape index (κ3) is 12.2. The van der Waals surface area contributed by atoms with Crippen molar-refractivity contribution < 1.29 is 29.4 Å². The van der Waals surface area contributed by atoms with E-state index < -0.39 is 60.3 Å². The summed E-state index contributed by atoms with van der Waals surface area (Å²) in [6, 6.07) is 28.3. The van der Waals surface area contributed by atoms with Crippen LogP contribution >= 0.6 is 0 Å². The summed E-state index contributed by atoms with van der Waals surface area (Å²) in [6.45, 7) is 7.51. The maximum Gasteiger partial charge on any atom is 0.318 e. The number of nitrogens with one attached hydrogen (secondary N) is 6. The Labute approximate surface area is 373 Å². The lowest BCUT2D eigenvalue weighted by Gasteiger charge is -2.35. The zero-order valence-electron chi connectivity index (χ0n) is 37.2. The molecule has 2 heterocycles. The number of H-pyrrole nitrogens is 2. The highest BCUT2D eigenvalue weighted by Gasteiger charge is 2.38. The zero-order chi connectivity index (χ0) is 45.9. The van der Waals surface area contributed by atoms with E-state index in [4.69, 9.17) is 0 Å². The molecule has 0 unspecified atom stereocenters. The molecule has 338 valence electrons. The zero-order valence-corrected chi connectivity index (χ0v) is 37.2. The second kappa shape index (κ2) is 21.5. The lowest BCUT2D eigenvalue weighted by molar-refractivity contribution is -0.129. The van der Waals surface area contributed by atoms with Gasteiger partial charge in [-0.25, -0.2) is 19.6 Å². The molecule has 0 aliphatic rings. The number of amides is 6. The maximum atomic E-state index is 14.2. The van der Waals surface area contributed by atoms with E-state index in [-0.39, 0.29) is 37.8 Å². The smallest absolute Gasteiger partial charge is 0.318 e. The summed E-state index contributed by atoms with van der Waals surface area (Å²) >= 11 is 0. The van der Waals surface area contributed by atoms with Gasteiger partial charge in [-0.1, -0.05) is 113 Å². The average molecular weight is 873 g/mol. The SMILES string of the molecule is CC(C)[C@H](NC(=O)N(C)Cc1nc2ccccc2[nH]1)C(=O)N[C@@H](Cc1ccccc1)[C@@H](O)[C@@H](O)[C@H](Cc1ccccc1)NC(=O)[C@H](NC(=O)N(C)Cc1nc2ccccc2[nH]1)C(C)C. The van der Waals surface area contributed by atoms with Gasteiger partial charge in [-0.05, 0) is 60.1 Å². The van der Waals surface area contributed by atoms with Crippen molar-refractivity contribution >= 4 is 45.9 Å². The molecule has 0 aliphatic heterocycles. The molecule has 16 heteroatoms. The predicted octanol–water partition coefficient (Wildman–Crippen LogP) is 4.65. The van der Waals surface area contributed by atoms with E-state index in [2.05, 4.69) is 41.2 Å². The summed E-state index contributed by atoms with van der Waals surface area (Å²) in [4.78, 5) is 73.8. The third-order valence-corrected chi connectivity index (χ3v) is 11.2. The lowest BCUT2D eigenvalue weighted by Crippen LogP contribution is -2.62. The van der Waals surface area contributed by atoms with E-state index in [1.165, 1.54) is 9.80 Å². The highest BCUT2D eigenvalue weighted by Crippen LogP contribution is 2.18. The number of benzene rings is 4. The van der Waals surface area contributed by atoms with E-state index >= 15 is 0 Å². The second-order valence-electron chi connectivity index (χ2n) is 17.0. The number of carbonyl (C=O) groups excluding carboxylic acids is 4. The Balaban J connectivity index is 1.18. The van der Waals surface area contributed by atoms with Crippen molar-refractivity contribution in [2.75, 3.05) is 14.1 Å². The number of aliphatic hydroxyl groups excluding tert-OH is 2. The number of urea groups is 2. The summed E-state index contributed by atoms with van der Waals surface area (Å²) in [5.74, 6) is -0.704. The number of nitrogens with zero attached hydrogens (tertiary/aromatic N) is 4. The number of fused-ring (bicyclic) bond motifs is 2. The van der Waals surface area contributed by atoms with Crippen molar-refractivity contribution in [3.8, 4) is 0 Å². The van der Waals surface area contributed by atoms with Crippen LogP contribution in [-0.4, -0.2) is 114 Å². The number of aromatic nitrogens is 4. The van der Waals surface area contributed by atoms with Gasteiger partial charge in [0.25, 0.3) is 0 Å². The summed E-state index contributed by atoms with van der Waals surface area (Å²) in [5.41, 5.74) is 4.76. The molecule has 2 aromatic heterocycles. The number of para-hydroxylation sites is 4. The fraction of sp³-hybridized carbons (Fsp3) is 0.375. The lowest BCUT2D eigenvalue weighted by atomic mass is 9.90. The first-order valence-corrected chi connectivity index (χ1v) is 21.6. The molecule has 64 heavy (non-hydrogen) atoms. The fourth-order valence-corrected chi connectivity index (χ4v) is 7.58. The standard InChI is InChI=1S/C48H60N10O6/c1-29(2)41(55-47(63)57(5)27-39-49-33-21-13-14-22-34(33)50-39)45(61)53-37(25-31-17-9-7-10-18-31)43(59)44(60)38(26-32-19-11-8-12-20-32)54-46(62)42(30(3)4)56-48(64)58(6)28-40-51-35-23-15-16-24-36(35)52-40/h7-24,29-30,37-38,41-44,59-60H,25-28H2,1-6H3,(H,49,50)(H,51,52)(H,53,61)(H,54,62)(H,55,63)(H,56,64)/t37-,38-,41-,42+,43+,44-/m0/s1. The van der Waals surface area contributed by atoms with Crippen LogP contribution in [-0.2, 0) is 35.5 Å². The van der Waals surface area contributed by atoms with Gasteiger partial charge in [-0.3, -0.25) is 9.59 Å². The van der Waals surface area contributed by atoms with E-state index in [1.54, 1.807) is 41.8 Å². The first-order chi connectivity index (χ1) is 30.7. The van der Waals surface area contributed by atoms with Crippen molar-refractivity contribution in [2.45, 2.75) is 90.0 Å². The van der Waals surface area contributed by atoms with Crippen molar-refractivity contribution in [1.29, 1.82) is 0 Å². The summed E-state index contributed by atoms with van der Waals surface area (Å²) in [5, 5.41) is 35.8. The van der Waals surface area contributed by atoms with Gasteiger partial charge in [0.15, 0.2) is 0 Å².